The number of allylic oxidation sites excluding steroid dienone is 1. The molecule has 1 aliphatic rings. The smallest absolute Gasteiger partial charge is 0.338 e. The highest BCUT2D eigenvalue weighted by atomic mass is 16.6. The van der Waals surface area contributed by atoms with Crippen LogP contribution < -0.4 is 14.8 Å². The van der Waals surface area contributed by atoms with Crippen LogP contribution in [0.3, 0.4) is 0 Å². The fourth-order valence-electron chi connectivity index (χ4n) is 3.86. The average Bonchev–Trinajstić information content (AvgIpc) is 3.15. The molecule has 2 heterocycles. The van der Waals surface area contributed by atoms with Gasteiger partial charge in [-0.25, -0.2) is 9.78 Å². The lowest BCUT2D eigenvalue weighted by Gasteiger charge is -2.31. The zero-order chi connectivity index (χ0) is 22.0. The summed E-state index contributed by atoms with van der Waals surface area (Å²) in [4.78, 5) is 17.9. The molecule has 162 valence electrons. The first-order valence-corrected chi connectivity index (χ1v) is 9.91. The predicted molar refractivity (Wildman–Crippen MR) is 117 cm³/mol. The number of benzene rings is 2. The van der Waals surface area contributed by atoms with Crippen molar-refractivity contribution in [3.05, 3.63) is 59.3 Å². The predicted octanol–water partition coefficient (Wildman–Crippen LogP) is 3.53. The molecule has 2 aromatic carbocycles. The number of hydrogen-bond acceptors (Lipinski definition) is 7. The Kier molecular flexibility index (Phi) is 5.81. The van der Waals surface area contributed by atoms with Crippen molar-refractivity contribution in [2.75, 3.05) is 39.9 Å². The van der Waals surface area contributed by atoms with Crippen LogP contribution in [-0.2, 0) is 14.3 Å². The lowest BCUT2D eigenvalue weighted by Crippen LogP contribution is -2.29. The number of methoxy groups -OCH3 is 3. The van der Waals surface area contributed by atoms with E-state index in [0.717, 1.165) is 16.6 Å². The van der Waals surface area contributed by atoms with E-state index in [-0.39, 0.29) is 6.61 Å². The summed E-state index contributed by atoms with van der Waals surface area (Å²) in [6.07, 6.45) is 0. The normalized spacial score (nSPS) is 15.4. The van der Waals surface area contributed by atoms with Crippen LogP contribution >= 0.6 is 0 Å². The van der Waals surface area contributed by atoms with E-state index < -0.39 is 12.0 Å². The number of aromatic nitrogens is 2. The molecule has 0 amide bonds. The number of hydrogen-bond donors (Lipinski definition) is 1. The Morgan fingerprint density at radius 1 is 1.10 bits per heavy atom. The van der Waals surface area contributed by atoms with Gasteiger partial charge in [0.15, 0.2) is 0 Å². The molecule has 0 bridgehead atoms. The van der Waals surface area contributed by atoms with Crippen molar-refractivity contribution >= 4 is 23.0 Å². The van der Waals surface area contributed by atoms with Crippen molar-refractivity contribution in [1.29, 1.82) is 0 Å². The number of imidazole rings is 1. The molecule has 1 aliphatic heterocycles. The number of rotatable bonds is 7. The van der Waals surface area contributed by atoms with Gasteiger partial charge >= 0.3 is 5.97 Å². The first-order valence-electron chi connectivity index (χ1n) is 9.91. The van der Waals surface area contributed by atoms with Crippen molar-refractivity contribution < 1.29 is 23.7 Å². The Labute approximate surface area is 180 Å². The Hall–Kier alpha value is -3.52. The Morgan fingerprint density at radius 3 is 2.65 bits per heavy atom. The number of carbonyl (C=O) groups is 1. The highest BCUT2D eigenvalue weighted by Crippen LogP contribution is 2.43. The molecule has 1 aromatic heterocycles. The summed E-state index contributed by atoms with van der Waals surface area (Å²) in [6.45, 7) is 2.33. The maximum Gasteiger partial charge on any atom is 0.338 e. The van der Waals surface area contributed by atoms with Crippen LogP contribution in [-0.4, -0.2) is 50.1 Å². The fourth-order valence-corrected chi connectivity index (χ4v) is 3.86. The van der Waals surface area contributed by atoms with Gasteiger partial charge in [0, 0.05) is 24.4 Å². The Morgan fingerprint density at radius 2 is 1.90 bits per heavy atom. The first kappa shape index (κ1) is 20.7. The van der Waals surface area contributed by atoms with Gasteiger partial charge in [0.2, 0.25) is 5.95 Å². The minimum atomic E-state index is -0.500. The van der Waals surface area contributed by atoms with Crippen molar-refractivity contribution in [3.8, 4) is 11.5 Å². The van der Waals surface area contributed by atoms with E-state index in [1.165, 1.54) is 0 Å². The summed E-state index contributed by atoms with van der Waals surface area (Å²) in [7, 11) is 4.76. The highest BCUT2D eigenvalue weighted by Gasteiger charge is 2.36. The van der Waals surface area contributed by atoms with Crippen LogP contribution in [0.4, 0.5) is 5.95 Å². The van der Waals surface area contributed by atoms with Gasteiger partial charge in [0.1, 0.15) is 18.1 Å². The summed E-state index contributed by atoms with van der Waals surface area (Å²) < 4.78 is 23.6. The number of ether oxygens (including phenoxy) is 4. The number of para-hydroxylation sites is 2. The highest BCUT2D eigenvalue weighted by molar-refractivity contribution is 5.94. The van der Waals surface area contributed by atoms with Crippen molar-refractivity contribution in [2.45, 2.75) is 13.0 Å². The van der Waals surface area contributed by atoms with Crippen molar-refractivity contribution in [2.24, 2.45) is 0 Å². The maximum absolute atomic E-state index is 13.2. The van der Waals surface area contributed by atoms with Crippen LogP contribution in [0.1, 0.15) is 18.5 Å². The van der Waals surface area contributed by atoms with Crippen LogP contribution in [0.5, 0.6) is 11.5 Å². The van der Waals surface area contributed by atoms with Gasteiger partial charge < -0.3 is 24.3 Å². The number of anilines is 1. The van der Waals surface area contributed by atoms with Crippen LogP contribution in [0.2, 0.25) is 0 Å². The Balaban J connectivity index is 1.92. The maximum atomic E-state index is 13.2. The van der Waals surface area contributed by atoms with Gasteiger partial charge in [-0.15, -0.1) is 0 Å². The topological polar surface area (TPSA) is 83.8 Å². The second-order valence-corrected chi connectivity index (χ2v) is 7.10. The van der Waals surface area contributed by atoms with Gasteiger partial charge in [0.05, 0.1) is 43.5 Å². The zero-order valence-electron chi connectivity index (χ0n) is 18.0. The third-order valence-electron chi connectivity index (χ3n) is 5.31. The standard InChI is InChI=1S/C23H25N3O5/c1-14-20(22(27)31-12-11-28-2)21(16-10-9-15(29-3)13-19(16)30-4)26-18-8-6-5-7-17(18)25-23(26)24-14/h5-10,13,21H,11-12H2,1-4H3,(H,24,25). The van der Waals surface area contributed by atoms with Crippen LogP contribution in [0, 0.1) is 0 Å². The number of esters is 1. The third kappa shape index (κ3) is 3.70. The van der Waals surface area contributed by atoms with E-state index in [9.17, 15) is 4.79 Å². The third-order valence-corrected chi connectivity index (χ3v) is 5.31. The SMILES string of the molecule is COCCOC(=O)C1=C(C)Nc2nc3ccccc3n2C1c1ccc(OC)cc1OC. The molecule has 1 N–H and O–H groups in total. The van der Waals surface area contributed by atoms with E-state index in [1.807, 2.05) is 47.9 Å². The number of fused-ring (bicyclic) bond motifs is 3. The molecule has 0 radical (unpaired) electrons. The van der Waals surface area contributed by atoms with E-state index >= 15 is 0 Å². The molecule has 31 heavy (non-hydrogen) atoms. The van der Waals surface area contributed by atoms with Gasteiger partial charge in [-0.3, -0.25) is 4.57 Å². The zero-order valence-corrected chi connectivity index (χ0v) is 18.0. The molecule has 1 atom stereocenters. The lowest BCUT2D eigenvalue weighted by molar-refractivity contribution is -0.140. The second-order valence-electron chi connectivity index (χ2n) is 7.10. The minimum Gasteiger partial charge on any atom is -0.497 e. The van der Waals surface area contributed by atoms with Gasteiger partial charge in [-0.1, -0.05) is 12.1 Å². The molecule has 0 saturated heterocycles. The first-order chi connectivity index (χ1) is 15.1. The molecule has 0 spiro atoms. The Bertz CT molecular complexity index is 1150. The minimum absolute atomic E-state index is 0.163. The molecule has 0 fully saturated rings. The quantitative estimate of drug-likeness (QED) is 0.460. The van der Waals surface area contributed by atoms with Gasteiger partial charge in [-0.05, 0) is 31.2 Å². The monoisotopic (exact) mass is 423 g/mol. The van der Waals surface area contributed by atoms with Crippen LogP contribution in [0.25, 0.3) is 11.0 Å². The summed E-state index contributed by atoms with van der Waals surface area (Å²) in [5, 5.41) is 3.26. The number of nitrogens with one attached hydrogen (secondary N) is 1. The summed E-state index contributed by atoms with van der Waals surface area (Å²) in [5.41, 5.74) is 3.67. The van der Waals surface area contributed by atoms with E-state index in [1.54, 1.807) is 27.4 Å². The molecular formula is C23H25N3O5. The molecule has 0 aliphatic carbocycles. The molecule has 8 heteroatoms. The second kappa shape index (κ2) is 8.69. The van der Waals surface area contributed by atoms with E-state index in [0.29, 0.717) is 35.3 Å². The molecule has 3 aromatic rings. The molecular weight excluding hydrogens is 398 g/mol. The summed E-state index contributed by atoms with van der Waals surface area (Å²) in [5.74, 6) is 1.49. The lowest BCUT2D eigenvalue weighted by atomic mass is 9.94. The van der Waals surface area contributed by atoms with Crippen molar-refractivity contribution in [3.63, 3.8) is 0 Å². The molecule has 0 saturated carbocycles. The van der Waals surface area contributed by atoms with Crippen molar-refractivity contribution in [1.82, 2.24) is 9.55 Å². The average molecular weight is 423 g/mol. The fraction of sp³-hybridized carbons (Fsp3) is 0.304. The summed E-state index contributed by atoms with van der Waals surface area (Å²) in [6, 6.07) is 12.9. The number of nitrogens with zero attached hydrogens (tertiary/aromatic N) is 2. The number of carbonyl (C=O) groups excluding carboxylic acids is 1. The molecule has 1 unspecified atom stereocenters. The molecule has 8 nitrogen and oxygen atoms in total. The molecule has 4 rings (SSSR count). The van der Waals surface area contributed by atoms with Crippen LogP contribution in [0.15, 0.2) is 53.7 Å². The van der Waals surface area contributed by atoms with Gasteiger partial charge in [-0.2, -0.15) is 0 Å². The summed E-state index contributed by atoms with van der Waals surface area (Å²) >= 11 is 0. The van der Waals surface area contributed by atoms with Gasteiger partial charge in [0.25, 0.3) is 0 Å². The van der Waals surface area contributed by atoms with E-state index in [2.05, 4.69) is 5.32 Å². The van der Waals surface area contributed by atoms with E-state index in [4.69, 9.17) is 23.9 Å². The largest absolute Gasteiger partial charge is 0.497 e.